The third-order valence-corrected chi connectivity index (χ3v) is 5.65. The molecule has 9 heteroatoms. The second kappa shape index (κ2) is 7.87. The van der Waals surface area contributed by atoms with Crippen LogP contribution in [0.5, 0.6) is 0 Å². The van der Waals surface area contributed by atoms with Crippen LogP contribution in [0.15, 0.2) is 53.4 Å². The number of hydroxylamine groups is 1. The minimum absolute atomic E-state index is 0.0345. The predicted octanol–water partition coefficient (Wildman–Crippen LogP) is 1.82. The molecule has 1 heterocycles. The molecule has 0 aliphatic heterocycles. The summed E-state index contributed by atoms with van der Waals surface area (Å²) in [5.41, 5.74) is -0.234. The van der Waals surface area contributed by atoms with Gasteiger partial charge in [0.05, 0.1) is 12.2 Å². The van der Waals surface area contributed by atoms with E-state index < -0.39 is 22.8 Å². The first-order chi connectivity index (χ1) is 12.9. The molecular formula is C18H20Cl2N2O5. The Morgan fingerprint density at radius 1 is 1.37 bits per heavy atom. The fourth-order valence-electron chi connectivity index (χ4n) is 3.56. The van der Waals surface area contributed by atoms with Crippen LogP contribution < -0.4 is 10.0 Å². The standard InChI is InChI=1S/C18H20Cl2N2O5/c1-26-18(22-7-3-2-4-8-22)15(19)9-12(16(24)21-25)11-17(18,20)27-14-6-5-13(23)10-14/h2-4,7-9,11,13-14,23H,5-6,10H2,1H3,(H-,21,24,25)/t13-,14+,17?,18?/m0/s1. The van der Waals surface area contributed by atoms with Crippen LogP contribution in [-0.2, 0) is 20.0 Å². The lowest BCUT2D eigenvalue weighted by atomic mass is 9.93. The molecule has 1 aromatic heterocycles. The smallest absolute Gasteiger partial charge is 0.357 e. The average Bonchev–Trinajstić information content (AvgIpc) is 3.06. The molecule has 2 aliphatic rings. The lowest BCUT2D eigenvalue weighted by molar-refractivity contribution is -0.807. The minimum atomic E-state index is -1.74. The van der Waals surface area contributed by atoms with Crippen molar-refractivity contribution < 1.29 is 23.9 Å². The molecular weight excluding hydrogens is 395 g/mol. The highest BCUT2D eigenvalue weighted by molar-refractivity contribution is 6.33. The van der Waals surface area contributed by atoms with Crippen LogP contribution in [0.2, 0.25) is 0 Å². The fraction of sp³-hybridized carbons (Fsp3) is 0.444. The van der Waals surface area contributed by atoms with Crippen molar-refractivity contribution in [1.29, 1.82) is 0 Å². The van der Waals surface area contributed by atoms with Crippen molar-refractivity contribution in [2.24, 2.45) is 0 Å². The van der Waals surface area contributed by atoms with E-state index in [1.165, 1.54) is 24.7 Å². The number of hydrogen-bond acceptors (Lipinski definition) is 5. The number of rotatable bonds is 5. The number of nitrogens with zero attached hydrogens (tertiary/aromatic N) is 1. The van der Waals surface area contributed by atoms with Crippen molar-refractivity contribution in [2.45, 2.75) is 42.3 Å². The van der Waals surface area contributed by atoms with Crippen LogP contribution in [0, 0.1) is 5.21 Å². The third kappa shape index (κ3) is 3.51. The van der Waals surface area contributed by atoms with Crippen LogP contribution in [0.4, 0.5) is 0 Å². The molecule has 2 unspecified atom stereocenters. The average molecular weight is 415 g/mol. The number of pyridine rings is 1. The van der Waals surface area contributed by atoms with Gasteiger partial charge in [0.2, 0.25) is 5.91 Å². The van der Waals surface area contributed by atoms with Gasteiger partial charge in [-0.25, -0.2) is 0 Å². The Kier molecular flexibility index (Phi) is 5.90. The number of aromatic nitrogens is 1. The van der Waals surface area contributed by atoms with E-state index in [9.17, 15) is 15.1 Å². The number of alkyl halides is 1. The molecule has 4 atom stereocenters. The lowest BCUT2D eigenvalue weighted by Gasteiger charge is -2.41. The van der Waals surface area contributed by atoms with E-state index in [0.29, 0.717) is 19.3 Å². The molecule has 3 rings (SSSR count). The lowest BCUT2D eigenvalue weighted by Crippen LogP contribution is -2.70. The summed E-state index contributed by atoms with van der Waals surface area (Å²) in [5, 5.41) is 19.0. The van der Waals surface area contributed by atoms with Gasteiger partial charge in [0.1, 0.15) is 5.03 Å². The van der Waals surface area contributed by atoms with Gasteiger partial charge in [-0.3, -0.25) is 4.79 Å². The maximum absolute atomic E-state index is 11.9. The Hall–Kier alpha value is -1.48. The highest BCUT2D eigenvalue weighted by Gasteiger charge is 2.65. The summed E-state index contributed by atoms with van der Waals surface area (Å²) in [5.74, 6) is -0.893. The molecule has 0 bridgehead atoms. The number of carbonyl (C=O) groups is 1. The van der Waals surface area contributed by atoms with Gasteiger partial charge in [0.25, 0.3) is 5.06 Å². The molecule has 0 saturated heterocycles. The highest BCUT2D eigenvalue weighted by atomic mass is 35.5. The number of hydrogen-bond donors (Lipinski definition) is 2. The van der Waals surface area contributed by atoms with Crippen LogP contribution >= 0.6 is 23.2 Å². The zero-order chi connectivity index (χ0) is 19.7. The summed E-state index contributed by atoms with van der Waals surface area (Å²) in [7, 11) is 1.42. The fourth-order valence-corrected chi connectivity index (χ4v) is 4.56. The first-order valence-corrected chi connectivity index (χ1v) is 9.21. The van der Waals surface area contributed by atoms with Crippen molar-refractivity contribution in [3.05, 3.63) is 58.6 Å². The Balaban J connectivity index is 2.13. The first-order valence-electron chi connectivity index (χ1n) is 8.46. The molecule has 1 saturated carbocycles. The van der Waals surface area contributed by atoms with E-state index in [-0.39, 0.29) is 16.7 Å². The summed E-state index contributed by atoms with van der Waals surface area (Å²) >= 11 is 13.5. The van der Waals surface area contributed by atoms with Gasteiger partial charge in [-0.2, -0.15) is 4.57 Å². The number of halogens is 2. The van der Waals surface area contributed by atoms with Crippen LogP contribution in [0.1, 0.15) is 19.3 Å². The summed E-state index contributed by atoms with van der Waals surface area (Å²) in [6.45, 7) is 0. The normalized spacial score (nSPS) is 33.4. The number of amides is 1. The number of methoxy groups -OCH3 is 1. The third-order valence-electron chi connectivity index (χ3n) is 4.83. The van der Waals surface area contributed by atoms with E-state index in [2.05, 4.69) is 0 Å². The molecule has 1 amide bonds. The Bertz CT molecular complexity index is 772. The second-order valence-electron chi connectivity index (χ2n) is 6.51. The van der Waals surface area contributed by atoms with Gasteiger partial charge in [0, 0.05) is 24.8 Å². The predicted molar refractivity (Wildman–Crippen MR) is 98.5 cm³/mol. The first kappa shape index (κ1) is 20.3. The monoisotopic (exact) mass is 414 g/mol. The molecule has 0 spiro atoms. The maximum atomic E-state index is 11.9. The van der Waals surface area contributed by atoms with Crippen molar-refractivity contribution >= 4 is 29.1 Å². The Morgan fingerprint density at radius 3 is 2.63 bits per heavy atom. The molecule has 0 radical (unpaired) electrons. The van der Waals surface area contributed by atoms with Gasteiger partial charge < -0.3 is 25.3 Å². The molecule has 1 aromatic rings. The zero-order valence-electron chi connectivity index (χ0n) is 14.6. The van der Waals surface area contributed by atoms with Crippen LogP contribution in [-0.4, -0.2) is 35.4 Å². The number of ether oxygens (including phenoxy) is 2. The Morgan fingerprint density at radius 2 is 2.07 bits per heavy atom. The number of carbonyl (C=O) groups excluding carboxylic acids is 1. The maximum Gasteiger partial charge on any atom is 0.357 e. The summed E-state index contributed by atoms with van der Waals surface area (Å²) in [6, 6.07) is 5.35. The second-order valence-corrected chi connectivity index (χ2v) is 7.47. The van der Waals surface area contributed by atoms with Crippen LogP contribution in [0.25, 0.3) is 0 Å². The van der Waals surface area contributed by atoms with Crippen molar-refractivity contribution in [1.82, 2.24) is 5.48 Å². The Labute approximate surface area is 166 Å². The van der Waals surface area contributed by atoms with Gasteiger partial charge in [-0.15, -0.1) is 0 Å². The molecule has 7 nitrogen and oxygen atoms in total. The summed E-state index contributed by atoms with van der Waals surface area (Å²) in [6.07, 6.45) is 6.77. The van der Waals surface area contributed by atoms with E-state index >= 15 is 0 Å². The van der Waals surface area contributed by atoms with Crippen molar-refractivity contribution in [2.75, 3.05) is 7.11 Å². The van der Waals surface area contributed by atoms with Gasteiger partial charge >= 0.3 is 5.72 Å². The molecule has 27 heavy (non-hydrogen) atoms. The number of aliphatic hydroxyl groups is 1. The molecule has 146 valence electrons. The molecule has 1 fully saturated rings. The molecule has 2 aliphatic carbocycles. The zero-order valence-corrected chi connectivity index (χ0v) is 16.1. The van der Waals surface area contributed by atoms with Gasteiger partial charge in [-0.05, 0) is 31.4 Å². The summed E-state index contributed by atoms with van der Waals surface area (Å²) < 4.78 is 13.6. The molecule has 0 aromatic carbocycles. The quantitative estimate of drug-likeness (QED) is 0.435. The van der Waals surface area contributed by atoms with E-state index in [1.807, 2.05) is 6.07 Å². The minimum Gasteiger partial charge on any atom is -0.759 e. The van der Waals surface area contributed by atoms with Crippen molar-refractivity contribution in [3.8, 4) is 0 Å². The number of nitrogens with one attached hydrogen (secondary N) is 1. The van der Waals surface area contributed by atoms with E-state index in [1.54, 1.807) is 29.1 Å². The largest absolute Gasteiger partial charge is 0.759 e. The topological polar surface area (TPSA) is 94.7 Å². The van der Waals surface area contributed by atoms with E-state index in [0.717, 1.165) is 0 Å². The van der Waals surface area contributed by atoms with Crippen molar-refractivity contribution in [3.63, 3.8) is 0 Å². The molecule has 2 N–H and O–H groups in total. The number of aliphatic hydroxyl groups excluding tert-OH is 1. The van der Waals surface area contributed by atoms with Crippen LogP contribution in [0.3, 0.4) is 0 Å². The van der Waals surface area contributed by atoms with Gasteiger partial charge in [-0.1, -0.05) is 29.3 Å². The van der Waals surface area contributed by atoms with Gasteiger partial charge in [0.15, 0.2) is 12.4 Å². The SMILES string of the molecule is COC1([n+]2ccccc2)C(Cl)=CC(C(=O)N[O-])=CC1(Cl)O[C@@H]1CC[C@H](O)C1. The highest BCUT2D eigenvalue weighted by Crippen LogP contribution is 2.48. The summed E-state index contributed by atoms with van der Waals surface area (Å²) in [4.78, 5) is 11.9. The van der Waals surface area contributed by atoms with E-state index in [4.69, 9.17) is 32.7 Å².